The summed E-state index contributed by atoms with van der Waals surface area (Å²) in [5, 5.41) is 25.8. The van der Waals surface area contributed by atoms with Gasteiger partial charge in [-0.05, 0) is 30.2 Å². The van der Waals surface area contributed by atoms with E-state index in [1.165, 1.54) is 18.1 Å². The third-order valence-electron chi connectivity index (χ3n) is 3.04. The summed E-state index contributed by atoms with van der Waals surface area (Å²) in [5.41, 5.74) is 8.24. The molecule has 0 aliphatic rings. The second kappa shape index (κ2) is 6.53. The maximum absolute atomic E-state index is 9.05. The topological polar surface area (TPSA) is 115 Å². The Kier molecular flexibility index (Phi) is 4.73. The first-order chi connectivity index (χ1) is 10.1. The minimum absolute atomic E-state index is 0.0288. The third-order valence-corrected chi connectivity index (χ3v) is 4.07. The Hall–Kier alpha value is -2.16. The van der Waals surface area contributed by atoms with Crippen LogP contribution in [0.25, 0.3) is 0 Å². The number of oxime groups is 1. The quantitative estimate of drug-likeness (QED) is 0.366. The van der Waals surface area contributed by atoms with E-state index in [0.717, 1.165) is 24.1 Å². The summed E-state index contributed by atoms with van der Waals surface area (Å²) in [7, 11) is 1.78. The van der Waals surface area contributed by atoms with E-state index in [2.05, 4.69) is 25.4 Å². The van der Waals surface area contributed by atoms with Gasteiger partial charge in [0, 0.05) is 7.05 Å². The molecule has 112 valence electrons. The summed E-state index contributed by atoms with van der Waals surface area (Å²) in [5.74, 6) is 0.0288. The molecule has 2 aromatic rings. The molecule has 0 amide bonds. The highest BCUT2D eigenvalue weighted by molar-refractivity contribution is 7.99. The van der Waals surface area contributed by atoms with Crippen molar-refractivity contribution < 1.29 is 5.21 Å². The molecule has 0 aliphatic heterocycles. The molecule has 8 nitrogen and oxygen atoms in total. The Morgan fingerprint density at radius 2 is 2.14 bits per heavy atom. The zero-order valence-corrected chi connectivity index (χ0v) is 12.9. The summed E-state index contributed by atoms with van der Waals surface area (Å²) < 4.78 is 1.63. The van der Waals surface area contributed by atoms with Crippen LogP contribution in [0.2, 0.25) is 0 Å². The van der Waals surface area contributed by atoms with Gasteiger partial charge in [-0.25, -0.2) is 9.67 Å². The fourth-order valence-corrected chi connectivity index (χ4v) is 2.87. The predicted octanol–water partition coefficient (Wildman–Crippen LogP) is 0.976. The minimum Gasteiger partial charge on any atom is -0.409 e. The van der Waals surface area contributed by atoms with Gasteiger partial charge in [0.2, 0.25) is 0 Å². The molecule has 0 radical (unpaired) electrons. The van der Waals surface area contributed by atoms with E-state index in [1.54, 1.807) is 11.7 Å². The summed E-state index contributed by atoms with van der Waals surface area (Å²) in [6.07, 6.45) is 2.91. The minimum atomic E-state index is 0.0288. The van der Waals surface area contributed by atoms with Crippen LogP contribution in [0.15, 0.2) is 21.7 Å². The molecular formula is C12H17N7OS. The van der Waals surface area contributed by atoms with E-state index in [4.69, 9.17) is 10.9 Å². The molecule has 0 fully saturated rings. The number of aryl methyl sites for hydroxylation is 2. The lowest BCUT2D eigenvalue weighted by molar-refractivity contribution is 0.318. The van der Waals surface area contributed by atoms with Gasteiger partial charge in [0.05, 0.1) is 11.3 Å². The number of aromatic nitrogens is 5. The van der Waals surface area contributed by atoms with Crippen LogP contribution in [0.5, 0.6) is 0 Å². The first-order valence-electron chi connectivity index (χ1n) is 6.50. The van der Waals surface area contributed by atoms with Crippen molar-refractivity contribution in [3.05, 3.63) is 23.1 Å². The SMILES string of the molecule is CCc1nnc(Sc2ncnn2C)c(C(N)=NO)c1CC. The average molecular weight is 307 g/mol. The molecule has 0 unspecified atom stereocenters. The number of hydrogen-bond donors (Lipinski definition) is 2. The van der Waals surface area contributed by atoms with Crippen molar-refractivity contribution in [3.8, 4) is 0 Å². The Balaban J connectivity index is 2.57. The number of rotatable bonds is 5. The Labute approximate surface area is 126 Å². The molecule has 0 saturated carbocycles. The van der Waals surface area contributed by atoms with Crippen LogP contribution in [-0.2, 0) is 19.9 Å². The Morgan fingerprint density at radius 1 is 1.38 bits per heavy atom. The maximum Gasteiger partial charge on any atom is 0.192 e. The van der Waals surface area contributed by atoms with Crippen LogP contribution in [0, 0.1) is 0 Å². The van der Waals surface area contributed by atoms with Gasteiger partial charge in [0.15, 0.2) is 11.0 Å². The summed E-state index contributed by atoms with van der Waals surface area (Å²) in [6, 6.07) is 0. The number of hydrogen-bond acceptors (Lipinski definition) is 7. The van der Waals surface area contributed by atoms with Gasteiger partial charge in [-0.15, -0.1) is 5.10 Å². The monoisotopic (exact) mass is 307 g/mol. The summed E-state index contributed by atoms with van der Waals surface area (Å²) in [6.45, 7) is 4.00. The molecule has 0 saturated heterocycles. The molecular weight excluding hydrogens is 290 g/mol. The number of nitrogens with zero attached hydrogens (tertiary/aromatic N) is 6. The second-order valence-corrected chi connectivity index (χ2v) is 5.22. The maximum atomic E-state index is 9.05. The van der Waals surface area contributed by atoms with Crippen LogP contribution in [0.4, 0.5) is 0 Å². The molecule has 2 rings (SSSR count). The van der Waals surface area contributed by atoms with E-state index in [-0.39, 0.29) is 5.84 Å². The van der Waals surface area contributed by atoms with Crippen molar-refractivity contribution in [2.45, 2.75) is 36.9 Å². The molecule has 0 aromatic carbocycles. The largest absolute Gasteiger partial charge is 0.409 e. The van der Waals surface area contributed by atoms with E-state index in [0.29, 0.717) is 15.7 Å². The predicted molar refractivity (Wildman–Crippen MR) is 78.4 cm³/mol. The van der Waals surface area contributed by atoms with E-state index in [1.807, 2.05) is 13.8 Å². The lowest BCUT2D eigenvalue weighted by atomic mass is 10.0. The molecule has 9 heteroatoms. The van der Waals surface area contributed by atoms with Gasteiger partial charge in [0.25, 0.3) is 0 Å². The van der Waals surface area contributed by atoms with Crippen molar-refractivity contribution in [1.82, 2.24) is 25.0 Å². The van der Waals surface area contributed by atoms with Crippen molar-refractivity contribution >= 4 is 17.6 Å². The molecule has 0 spiro atoms. The summed E-state index contributed by atoms with van der Waals surface area (Å²) in [4.78, 5) is 4.14. The van der Waals surface area contributed by atoms with Gasteiger partial charge in [-0.3, -0.25) is 0 Å². The average Bonchev–Trinajstić information content (AvgIpc) is 2.91. The zero-order valence-electron chi connectivity index (χ0n) is 12.1. The molecule has 3 N–H and O–H groups in total. The van der Waals surface area contributed by atoms with Gasteiger partial charge >= 0.3 is 0 Å². The van der Waals surface area contributed by atoms with E-state index in [9.17, 15) is 0 Å². The summed E-state index contributed by atoms with van der Waals surface area (Å²) >= 11 is 1.28. The lowest BCUT2D eigenvalue weighted by Crippen LogP contribution is -2.20. The van der Waals surface area contributed by atoms with Crippen LogP contribution in [0.3, 0.4) is 0 Å². The van der Waals surface area contributed by atoms with Crippen molar-refractivity contribution in [3.63, 3.8) is 0 Å². The standard InChI is InChI=1S/C12H17N7OS/c1-4-7-8(5-2)16-17-11(9(7)10(13)18-20)21-12-14-6-15-19(12)3/h6,20H,4-5H2,1-3H3,(H2,13,18). The molecule has 0 bridgehead atoms. The van der Waals surface area contributed by atoms with Crippen molar-refractivity contribution in [2.24, 2.45) is 17.9 Å². The van der Waals surface area contributed by atoms with Gasteiger partial charge in [-0.1, -0.05) is 19.0 Å². The molecule has 21 heavy (non-hydrogen) atoms. The van der Waals surface area contributed by atoms with Crippen LogP contribution >= 0.6 is 11.8 Å². The van der Waals surface area contributed by atoms with Crippen LogP contribution < -0.4 is 5.73 Å². The lowest BCUT2D eigenvalue weighted by Gasteiger charge is -2.13. The zero-order chi connectivity index (χ0) is 15.4. The fourth-order valence-electron chi connectivity index (χ4n) is 2.00. The molecule has 0 aliphatic carbocycles. The van der Waals surface area contributed by atoms with Crippen molar-refractivity contribution in [1.29, 1.82) is 0 Å². The van der Waals surface area contributed by atoms with Gasteiger partial charge in [-0.2, -0.15) is 10.2 Å². The van der Waals surface area contributed by atoms with Crippen molar-refractivity contribution in [2.75, 3.05) is 0 Å². The van der Waals surface area contributed by atoms with E-state index < -0.39 is 0 Å². The van der Waals surface area contributed by atoms with Gasteiger partial charge in [0.1, 0.15) is 11.4 Å². The second-order valence-electron chi connectivity index (χ2n) is 4.27. The first kappa shape index (κ1) is 15.2. The highest BCUT2D eigenvalue weighted by Gasteiger charge is 2.20. The third kappa shape index (κ3) is 2.97. The molecule has 0 atom stereocenters. The molecule has 2 aromatic heterocycles. The van der Waals surface area contributed by atoms with Crippen LogP contribution in [-0.4, -0.2) is 36.0 Å². The Bertz CT molecular complexity index is 668. The van der Waals surface area contributed by atoms with Gasteiger partial charge < -0.3 is 10.9 Å². The highest BCUT2D eigenvalue weighted by atomic mass is 32.2. The number of nitrogens with two attached hydrogens (primary N) is 1. The normalized spacial score (nSPS) is 11.9. The smallest absolute Gasteiger partial charge is 0.192 e. The number of amidine groups is 1. The van der Waals surface area contributed by atoms with E-state index >= 15 is 0 Å². The van der Waals surface area contributed by atoms with Crippen LogP contribution in [0.1, 0.15) is 30.7 Å². The first-order valence-corrected chi connectivity index (χ1v) is 7.32. The highest BCUT2D eigenvalue weighted by Crippen LogP contribution is 2.29. The Morgan fingerprint density at radius 3 is 2.67 bits per heavy atom. The molecule has 2 heterocycles. The fraction of sp³-hybridized carbons (Fsp3) is 0.417.